The molecular formula is C17H13FN2O4. The number of carbonyl (C=O) groups excluding carboxylic acids is 2. The molecule has 1 aliphatic heterocycles. The molecule has 2 aromatic carbocycles. The van der Waals surface area contributed by atoms with E-state index in [1.165, 1.54) is 24.3 Å². The average Bonchev–Trinajstić information content (AvgIpc) is 3.06. The zero-order valence-electron chi connectivity index (χ0n) is 12.4. The Labute approximate surface area is 136 Å². The first-order valence-electron chi connectivity index (χ1n) is 7.06. The van der Waals surface area contributed by atoms with E-state index >= 15 is 0 Å². The van der Waals surface area contributed by atoms with E-state index in [1.807, 2.05) is 0 Å². The Bertz CT molecular complexity index is 820. The normalized spacial score (nSPS) is 12.2. The molecule has 0 saturated heterocycles. The highest BCUT2D eigenvalue weighted by Crippen LogP contribution is 2.32. The van der Waals surface area contributed by atoms with Crippen LogP contribution in [0.5, 0.6) is 11.5 Å². The van der Waals surface area contributed by atoms with Crippen LogP contribution in [0.15, 0.2) is 48.5 Å². The first-order valence-corrected chi connectivity index (χ1v) is 7.06. The molecule has 1 heterocycles. The number of ether oxygens (including phenoxy) is 2. The zero-order chi connectivity index (χ0) is 16.9. The van der Waals surface area contributed by atoms with Crippen molar-refractivity contribution in [2.24, 2.45) is 0 Å². The molecule has 2 aromatic rings. The third-order valence-corrected chi connectivity index (χ3v) is 3.24. The summed E-state index contributed by atoms with van der Waals surface area (Å²) in [6, 6.07) is 10.7. The van der Waals surface area contributed by atoms with Crippen molar-refractivity contribution in [3.05, 3.63) is 65.5 Å². The summed E-state index contributed by atoms with van der Waals surface area (Å²) in [6.45, 7) is 0.172. The van der Waals surface area contributed by atoms with E-state index in [-0.39, 0.29) is 12.4 Å². The van der Waals surface area contributed by atoms with Crippen LogP contribution in [0.2, 0.25) is 0 Å². The molecule has 24 heavy (non-hydrogen) atoms. The second-order valence-corrected chi connectivity index (χ2v) is 4.87. The van der Waals surface area contributed by atoms with Crippen LogP contribution in [0.25, 0.3) is 6.08 Å². The van der Waals surface area contributed by atoms with E-state index in [0.29, 0.717) is 11.5 Å². The van der Waals surface area contributed by atoms with Crippen molar-refractivity contribution in [1.29, 1.82) is 0 Å². The minimum Gasteiger partial charge on any atom is -0.454 e. The maximum Gasteiger partial charge on any atom is 0.272 e. The summed E-state index contributed by atoms with van der Waals surface area (Å²) in [7, 11) is 0. The highest BCUT2D eigenvalue weighted by molar-refractivity contribution is 5.98. The van der Waals surface area contributed by atoms with Crippen LogP contribution in [0.3, 0.4) is 0 Å². The molecule has 2 N–H and O–H groups in total. The fourth-order valence-electron chi connectivity index (χ4n) is 2.06. The molecule has 0 saturated carbocycles. The molecule has 122 valence electrons. The van der Waals surface area contributed by atoms with Gasteiger partial charge in [-0.2, -0.15) is 0 Å². The third-order valence-electron chi connectivity index (χ3n) is 3.24. The van der Waals surface area contributed by atoms with Gasteiger partial charge in [-0.25, -0.2) is 4.39 Å². The number of halogens is 1. The molecule has 0 spiro atoms. The number of hydrazine groups is 1. The number of benzene rings is 2. The van der Waals surface area contributed by atoms with Crippen molar-refractivity contribution < 1.29 is 23.5 Å². The first-order chi connectivity index (χ1) is 11.6. The van der Waals surface area contributed by atoms with E-state index in [4.69, 9.17) is 9.47 Å². The summed E-state index contributed by atoms with van der Waals surface area (Å²) in [5, 5.41) is 0. The van der Waals surface area contributed by atoms with Crippen LogP contribution in [0.1, 0.15) is 15.9 Å². The molecule has 0 unspecified atom stereocenters. The van der Waals surface area contributed by atoms with Gasteiger partial charge in [0.2, 0.25) is 6.79 Å². The lowest BCUT2D eigenvalue weighted by Gasteiger charge is -2.05. The SMILES string of the molecule is O=C(/C=C\c1ccc2c(c1)OCO2)NNC(=O)c1ccccc1F. The van der Waals surface area contributed by atoms with Gasteiger partial charge in [-0.05, 0) is 35.9 Å². The highest BCUT2D eigenvalue weighted by Gasteiger charge is 2.13. The van der Waals surface area contributed by atoms with Crippen LogP contribution in [0.4, 0.5) is 4.39 Å². The van der Waals surface area contributed by atoms with Gasteiger partial charge < -0.3 is 9.47 Å². The number of amides is 2. The van der Waals surface area contributed by atoms with Gasteiger partial charge in [-0.15, -0.1) is 0 Å². The molecule has 7 heteroatoms. The minimum atomic E-state index is -0.738. The summed E-state index contributed by atoms with van der Waals surface area (Å²) >= 11 is 0. The van der Waals surface area contributed by atoms with Gasteiger partial charge in [0.15, 0.2) is 11.5 Å². The fourth-order valence-corrected chi connectivity index (χ4v) is 2.06. The summed E-state index contributed by atoms with van der Waals surface area (Å²) in [4.78, 5) is 23.5. The maximum absolute atomic E-state index is 13.4. The average molecular weight is 328 g/mol. The summed E-state index contributed by atoms with van der Waals surface area (Å²) in [6.07, 6.45) is 2.78. The molecule has 0 aliphatic carbocycles. The van der Waals surface area contributed by atoms with Crippen LogP contribution < -0.4 is 20.3 Å². The van der Waals surface area contributed by atoms with E-state index in [2.05, 4.69) is 10.9 Å². The summed E-state index contributed by atoms with van der Waals surface area (Å²) < 4.78 is 23.9. The maximum atomic E-state index is 13.4. The largest absolute Gasteiger partial charge is 0.454 e. The predicted octanol–water partition coefficient (Wildman–Crippen LogP) is 2.03. The minimum absolute atomic E-state index is 0.155. The molecule has 0 atom stereocenters. The Morgan fingerprint density at radius 2 is 1.83 bits per heavy atom. The van der Waals surface area contributed by atoms with Crippen LogP contribution in [0, 0.1) is 5.82 Å². The van der Waals surface area contributed by atoms with E-state index in [1.54, 1.807) is 24.3 Å². The van der Waals surface area contributed by atoms with Crippen molar-refractivity contribution in [2.45, 2.75) is 0 Å². The molecule has 6 nitrogen and oxygen atoms in total. The van der Waals surface area contributed by atoms with Gasteiger partial charge >= 0.3 is 0 Å². The van der Waals surface area contributed by atoms with Gasteiger partial charge in [0.25, 0.3) is 11.8 Å². The Balaban J connectivity index is 1.56. The third kappa shape index (κ3) is 3.52. The monoisotopic (exact) mass is 328 g/mol. The molecular weight excluding hydrogens is 315 g/mol. The Hall–Kier alpha value is -3.35. The molecule has 0 bridgehead atoms. The second kappa shape index (κ2) is 6.82. The lowest BCUT2D eigenvalue weighted by molar-refractivity contribution is -0.117. The van der Waals surface area contributed by atoms with Crippen molar-refractivity contribution in [3.8, 4) is 11.5 Å². The van der Waals surface area contributed by atoms with Gasteiger partial charge in [-0.3, -0.25) is 20.4 Å². The number of hydrogen-bond donors (Lipinski definition) is 2. The van der Waals surface area contributed by atoms with Gasteiger partial charge in [0.05, 0.1) is 5.56 Å². The van der Waals surface area contributed by atoms with E-state index < -0.39 is 17.6 Å². The lowest BCUT2D eigenvalue weighted by Crippen LogP contribution is -2.41. The Kier molecular flexibility index (Phi) is 4.42. The fraction of sp³-hybridized carbons (Fsp3) is 0.0588. The Morgan fingerprint density at radius 3 is 2.67 bits per heavy atom. The second-order valence-electron chi connectivity index (χ2n) is 4.87. The van der Waals surface area contributed by atoms with Gasteiger partial charge in [-0.1, -0.05) is 18.2 Å². The summed E-state index contributed by atoms with van der Waals surface area (Å²) in [5.74, 6) is -0.713. The first kappa shape index (κ1) is 15.5. The van der Waals surface area contributed by atoms with Gasteiger partial charge in [0.1, 0.15) is 5.82 Å². The number of carbonyl (C=O) groups is 2. The quantitative estimate of drug-likeness (QED) is 0.668. The topological polar surface area (TPSA) is 76.7 Å². The molecule has 0 fully saturated rings. The zero-order valence-corrected chi connectivity index (χ0v) is 12.4. The molecule has 1 aliphatic rings. The van der Waals surface area contributed by atoms with E-state index in [9.17, 15) is 14.0 Å². The van der Waals surface area contributed by atoms with Crippen molar-refractivity contribution in [1.82, 2.24) is 10.9 Å². The van der Waals surface area contributed by atoms with E-state index in [0.717, 1.165) is 11.6 Å². The predicted molar refractivity (Wildman–Crippen MR) is 83.6 cm³/mol. The lowest BCUT2D eigenvalue weighted by atomic mass is 10.2. The number of nitrogens with one attached hydrogen (secondary N) is 2. The molecule has 0 radical (unpaired) electrons. The van der Waals surface area contributed by atoms with Crippen LogP contribution in [-0.2, 0) is 4.79 Å². The van der Waals surface area contributed by atoms with Gasteiger partial charge in [0, 0.05) is 6.08 Å². The van der Waals surface area contributed by atoms with Crippen molar-refractivity contribution >= 4 is 17.9 Å². The number of hydrogen-bond acceptors (Lipinski definition) is 4. The van der Waals surface area contributed by atoms with Crippen LogP contribution >= 0.6 is 0 Å². The molecule has 0 aromatic heterocycles. The molecule has 3 rings (SSSR count). The molecule has 2 amide bonds. The van der Waals surface area contributed by atoms with Crippen molar-refractivity contribution in [3.63, 3.8) is 0 Å². The number of fused-ring (bicyclic) bond motifs is 1. The highest BCUT2D eigenvalue weighted by atomic mass is 19.1. The Morgan fingerprint density at radius 1 is 1.04 bits per heavy atom. The smallest absolute Gasteiger partial charge is 0.272 e. The van der Waals surface area contributed by atoms with Crippen LogP contribution in [-0.4, -0.2) is 18.6 Å². The number of rotatable bonds is 3. The van der Waals surface area contributed by atoms with Crippen molar-refractivity contribution in [2.75, 3.05) is 6.79 Å². The summed E-state index contributed by atoms with van der Waals surface area (Å²) in [5.41, 5.74) is 4.90. The standard InChI is InChI=1S/C17H13FN2O4/c18-13-4-2-1-3-12(13)17(22)20-19-16(21)8-6-11-5-7-14-15(9-11)24-10-23-14/h1-9H,10H2,(H,19,21)(H,20,22)/b8-6-.